The molecule has 2 N–H and O–H groups in total. The van der Waals surface area contributed by atoms with Crippen molar-refractivity contribution >= 4 is 5.91 Å². The lowest BCUT2D eigenvalue weighted by atomic mass is 9.86. The summed E-state index contributed by atoms with van der Waals surface area (Å²) in [4.78, 5) is 14.3. The quantitative estimate of drug-likeness (QED) is 0.805. The lowest BCUT2D eigenvalue weighted by Crippen LogP contribution is -2.40. The average molecular weight is 268 g/mol. The molecule has 112 valence electrons. The van der Waals surface area contributed by atoms with Crippen LogP contribution in [0.15, 0.2) is 0 Å². The van der Waals surface area contributed by atoms with Gasteiger partial charge in [0.05, 0.1) is 0 Å². The zero-order valence-electron chi connectivity index (χ0n) is 13.2. The molecule has 0 aromatic heterocycles. The Morgan fingerprint density at radius 3 is 2.32 bits per heavy atom. The summed E-state index contributed by atoms with van der Waals surface area (Å²) in [7, 11) is 1.98. The second-order valence-corrected chi connectivity index (χ2v) is 6.85. The summed E-state index contributed by atoms with van der Waals surface area (Å²) in [5.41, 5.74) is 5.80. The molecule has 1 amide bonds. The van der Waals surface area contributed by atoms with Crippen LogP contribution in [0.25, 0.3) is 0 Å². The van der Waals surface area contributed by atoms with Gasteiger partial charge >= 0.3 is 0 Å². The molecule has 0 aromatic rings. The van der Waals surface area contributed by atoms with Gasteiger partial charge in [-0.05, 0) is 56.4 Å². The normalized spacial score (nSPS) is 25.4. The van der Waals surface area contributed by atoms with Gasteiger partial charge in [0.2, 0.25) is 5.91 Å². The molecule has 0 radical (unpaired) electrons. The smallest absolute Gasteiger partial charge is 0.222 e. The first-order valence-electron chi connectivity index (χ1n) is 7.89. The van der Waals surface area contributed by atoms with Gasteiger partial charge in [-0.15, -0.1) is 0 Å². The van der Waals surface area contributed by atoms with Crippen molar-refractivity contribution in [2.24, 2.45) is 23.5 Å². The fraction of sp³-hybridized carbons (Fsp3) is 0.938. The molecule has 0 heterocycles. The highest BCUT2D eigenvalue weighted by Crippen LogP contribution is 2.27. The molecule has 0 saturated heterocycles. The summed E-state index contributed by atoms with van der Waals surface area (Å²) in [5, 5.41) is 0. The van der Waals surface area contributed by atoms with Crippen molar-refractivity contribution in [1.82, 2.24) is 4.90 Å². The lowest BCUT2D eigenvalue weighted by molar-refractivity contribution is -0.133. The van der Waals surface area contributed by atoms with Crippen molar-refractivity contribution in [2.45, 2.75) is 65.3 Å². The first kappa shape index (κ1) is 16.5. The molecule has 1 saturated carbocycles. The fourth-order valence-corrected chi connectivity index (χ4v) is 3.15. The number of nitrogens with two attached hydrogens (primary N) is 1. The first-order chi connectivity index (χ1) is 8.93. The Morgan fingerprint density at radius 2 is 1.84 bits per heavy atom. The summed E-state index contributed by atoms with van der Waals surface area (Å²) in [6, 6.07) is 0.459. The molecule has 0 aliphatic heterocycles. The van der Waals surface area contributed by atoms with E-state index in [2.05, 4.69) is 20.8 Å². The van der Waals surface area contributed by atoms with Crippen LogP contribution in [-0.2, 0) is 4.79 Å². The average Bonchev–Trinajstić information content (AvgIpc) is 2.37. The predicted molar refractivity (Wildman–Crippen MR) is 80.8 cm³/mol. The van der Waals surface area contributed by atoms with Crippen LogP contribution in [0.3, 0.4) is 0 Å². The molecule has 0 bridgehead atoms. The lowest BCUT2D eigenvalue weighted by Gasteiger charge is -2.34. The van der Waals surface area contributed by atoms with Crippen molar-refractivity contribution in [3.05, 3.63) is 0 Å². The van der Waals surface area contributed by atoms with Crippen molar-refractivity contribution in [3.8, 4) is 0 Å². The topological polar surface area (TPSA) is 46.3 Å². The summed E-state index contributed by atoms with van der Waals surface area (Å²) in [5.74, 6) is 2.08. The van der Waals surface area contributed by atoms with E-state index in [0.717, 1.165) is 12.3 Å². The Hall–Kier alpha value is -0.570. The van der Waals surface area contributed by atoms with Gasteiger partial charge in [0, 0.05) is 19.5 Å². The van der Waals surface area contributed by atoms with E-state index in [0.29, 0.717) is 30.8 Å². The fourth-order valence-electron chi connectivity index (χ4n) is 3.15. The van der Waals surface area contributed by atoms with Gasteiger partial charge in [-0.25, -0.2) is 0 Å². The van der Waals surface area contributed by atoms with Crippen LogP contribution in [-0.4, -0.2) is 30.4 Å². The minimum absolute atomic E-state index is 0.288. The largest absolute Gasteiger partial charge is 0.343 e. The number of amides is 1. The van der Waals surface area contributed by atoms with E-state index < -0.39 is 0 Å². The second kappa shape index (κ2) is 7.88. The van der Waals surface area contributed by atoms with Crippen LogP contribution >= 0.6 is 0 Å². The van der Waals surface area contributed by atoms with E-state index in [-0.39, 0.29) is 5.91 Å². The number of carbonyl (C=O) groups is 1. The SMILES string of the molecule is CC(C)C[C@H](CN)CC(=O)N(C)C1CCC(C)CC1. The van der Waals surface area contributed by atoms with E-state index in [1.165, 1.54) is 25.7 Å². The van der Waals surface area contributed by atoms with Crippen LogP contribution in [0.5, 0.6) is 0 Å². The zero-order valence-corrected chi connectivity index (χ0v) is 13.2. The van der Waals surface area contributed by atoms with E-state index in [4.69, 9.17) is 5.73 Å². The Kier molecular flexibility index (Phi) is 6.84. The maximum Gasteiger partial charge on any atom is 0.222 e. The molecule has 1 rings (SSSR count). The molecule has 1 atom stereocenters. The minimum Gasteiger partial charge on any atom is -0.343 e. The van der Waals surface area contributed by atoms with E-state index >= 15 is 0 Å². The van der Waals surface area contributed by atoms with Gasteiger partial charge in [0.25, 0.3) is 0 Å². The number of hydrogen-bond donors (Lipinski definition) is 1. The summed E-state index contributed by atoms with van der Waals surface area (Å²) in [6.45, 7) is 7.32. The highest BCUT2D eigenvalue weighted by molar-refractivity contribution is 5.76. The third-order valence-electron chi connectivity index (χ3n) is 4.53. The van der Waals surface area contributed by atoms with Gasteiger partial charge in [0.1, 0.15) is 0 Å². The standard InChI is InChI=1S/C16H32N2O/c1-12(2)9-14(11-17)10-16(19)18(4)15-7-5-13(3)6-8-15/h12-15H,5-11,17H2,1-4H3/t13?,14-,15?/m0/s1. The number of carbonyl (C=O) groups excluding carboxylic acids is 1. The van der Waals surface area contributed by atoms with Crippen LogP contribution in [0.2, 0.25) is 0 Å². The Balaban J connectivity index is 2.42. The van der Waals surface area contributed by atoms with Crippen LogP contribution in [0.1, 0.15) is 59.3 Å². The van der Waals surface area contributed by atoms with E-state index in [1.54, 1.807) is 0 Å². The highest BCUT2D eigenvalue weighted by atomic mass is 16.2. The molecule has 1 aliphatic carbocycles. The van der Waals surface area contributed by atoms with E-state index in [1.807, 2.05) is 11.9 Å². The van der Waals surface area contributed by atoms with Gasteiger partial charge in [-0.2, -0.15) is 0 Å². The Morgan fingerprint density at radius 1 is 1.26 bits per heavy atom. The van der Waals surface area contributed by atoms with Crippen molar-refractivity contribution in [3.63, 3.8) is 0 Å². The molecule has 0 spiro atoms. The molecule has 19 heavy (non-hydrogen) atoms. The summed E-state index contributed by atoms with van der Waals surface area (Å²) < 4.78 is 0. The zero-order chi connectivity index (χ0) is 14.4. The number of hydrogen-bond acceptors (Lipinski definition) is 2. The molecular formula is C16H32N2O. The second-order valence-electron chi connectivity index (χ2n) is 6.85. The van der Waals surface area contributed by atoms with Gasteiger partial charge in [-0.3, -0.25) is 4.79 Å². The molecule has 1 fully saturated rings. The van der Waals surface area contributed by atoms with Crippen molar-refractivity contribution in [2.75, 3.05) is 13.6 Å². The number of nitrogens with zero attached hydrogens (tertiary/aromatic N) is 1. The minimum atomic E-state index is 0.288. The predicted octanol–water partition coefficient (Wildman–Crippen LogP) is 3.03. The van der Waals surface area contributed by atoms with Crippen molar-refractivity contribution in [1.29, 1.82) is 0 Å². The van der Waals surface area contributed by atoms with Crippen LogP contribution < -0.4 is 5.73 Å². The molecule has 3 nitrogen and oxygen atoms in total. The third kappa shape index (κ3) is 5.52. The van der Waals surface area contributed by atoms with Crippen LogP contribution in [0, 0.1) is 17.8 Å². The first-order valence-corrected chi connectivity index (χ1v) is 7.89. The van der Waals surface area contributed by atoms with Crippen molar-refractivity contribution < 1.29 is 4.79 Å². The molecular weight excluding hydrogens is 236 g/mol. The maximum absolute atomic E-state index is 12.3. The molecule has 0 unspecified atom stereocenters. The Bertz CT molecular complexity index is 270. The molecule has 0 aromatic carbocycles. The van der Waals surface area contributed by atoms with Gasteiger partial charge < -0.3 is 10.6 Å². The maximum atomic E-state index is 12.3. The van der Waals surface area contributed by atoms with Gasteiger partial charge in [-0.1, -0.05) is 20.8 Å². The number of rotatable bonds is 6. The third-order valence-corrected chi connectivity index (χ3v) is 4.53. The Labute approximate surface area is 118 Å². The highest BCUT2D eigenvalue weighted by Gasteiger charge is 2.26. The monoisotopic (exact) mass is 268 g/mol. The molecule has 3 heteroatoms. The molecule has 1 aliphatic rings. The van der Waals surface area contributed by atoms with Gasteiger partial charge in [0.15, 0.2) is 0 Å². The summed E-state index contributed by atoms with van der Waals surface area (Å²) >= 11 is 0. The van der Waals surface area contributed by atoms with Crippen LogP contribution in [0.4, 0.5) is 0 Å². The van der Waals surface area contributed by atoms with E-state index in [9.17, 15) is 4.79 Å². The summed E-state index contributed by atoms with van der Waals surface area (Å²) in [6.07, 6.45) is 6.53.